The fourth-order valence-electron chi connectivity index (χ4n) is 3.59. The summed E-state index contributed by atoms with van der Waals surface area (Å²) in [6.45, 7) is 2.12. The number of aliphatic hydroxyl groups excluding tert-OH is 1. The Hall–Kier alpha value is -2.82. The first-order valence-electron chi connectivity index (χ1n) is 10.1. The SMILES string of the molecule is Cc1cc(N=S(C)(C)=O)cc2ncnc(Nc3ccc(F)cc3OC3CCC(O)OC3)c12. The molecule has 2 aromatic carbocycles. The van der Waals surface area contributed by atoms with Crippen molar-refractivity contribution in [3.8, 4) is 5.75 Å². The van der Waals surface area contributed by atoms with E-state index in [0.717, 1.165) is 10.9 Å². The van der Waals surface area contributed by atoms with Crippen LogP contribution in [0.1, 0.15) is 18.4 Å². The summed E-state index contributed by atoms with van der Waals surface area (Å²) in [7, 11) is -2.31. The van der Waals surface area contributed by atoms with Gasteiger partial charge in [0.2, 0.25) is 0 Å². The summed E-state index contributed by atoms with van der Waals surface area (Å²) in [5.41, 5.74) is 2.62. The van der Waals surface area contributed by atoms with E-state index in [2.05, 4.69) is 19.6 Å². The second kappa shape index (κ2) is 8.97. The fourth-order valence-corrected chi connectivity index (χ4v) is 4.20. The van der Waals surface area contributed by atoms with Crippen LogP contribution in [0.15, 0.2) is 41.0 Å². The molecule has 1 saturated heterocycles. The topological polar surface area (TPSA) is 106 Å². The molecule has 8 nitrogen and oxygen atoms in total. The molecule has 1 aliphatic heterocycles. The van der Waals surface area contributed by atoms with Crippen molar-refractivity contribution in [2.45, 2.75) is 32.2 Å². The molecular formula is C22H25FN4O4S. The third kappa shape index (κ3) is 5.32. The molecule has 1 fully saturated rings. The maximum absolute atomic E-state index is 14.0. The molecule has 0 spiro atoms. The number of aryl methyl sites for hydroxylation is 1. The summed E-state index contributed by atoms with van der Waals surface area (Å²) in [6.07, 6.45) is 4.53. The number of anilines is 2. The Labute approximate surface area is 186 Å². The van der Waals surface area contributed by atoms with Crippen molar-refractivity contribution >= 4 is 37.8 Å². The fraction of sp³-hybridized carbons (Fsp3) is 0.364. The highest BCUT2D eigenvalue weighted by molar-refractivity contribution is 7.92. The van der Waals surface area contributed by atoms with Crippen molar-refractivity contribution in [3.63, 3.8) is 0 Å². The van der Waals surface area contributed by atoms with Gasteiger partial charge in [0.1, 0.15) is 29.8 Å². The van der Waals surface area contributed by atoms with Crippen molar-refractivity contribution in [2.75, 3.05) is 24.4 Å². The molecule has 1 aliphatic rings. The van der Waals surface area contributed by atoms with Gasteiger partial charge in [0.25, 0.3) is 0 Å². The normalized spacial score (nSPS) is 19.0. The van der Waals surface area contributed by atoms with Gasteiger partial charge < -0.3 is 19.9 Å². The van der Waals surface area contributed by atoms with Crippen LogP contribution < -0.4 is 10.1 Å². The van der Waals surface area contributed by atoms with E-state index in [4.69, 9.17) is 9.47 Å². The number of aromatic nitrogens is 2. The molecule has 0 bridgehead atoms. The minimum absolute atomic E-state index is 0.219. The van der Waals surface area contributed by atoms with E-state index < -0.39 is 21.8 Å². The van der Waals surface area contributed by atoms with Crippen LogP contribution in [0, 0.1) is 12.7 Å². The molecule has 32 heavy (non-hydrogen) atoms. The lowest BCUT2D eigenvalue weighted by Gasteiger charge is -2.27. The van der Waals surface area contributed by atoms with E-state index in [1.165, 1.54) is 18.5 Å². The Morgan fingerprint density at radius 2 is 2.06 bits per heavy atom. The maximum atomic E-state index is 14.0. The number of nitrogens with one attached hydrogen (secondary N) is 1. The molecule has 3 aromatic rings. The first kappa shape index (κ1) is 22.4. The molecule has 2 atom stereocenters. The molecule has 2 N–H and O–H groups in total. The zero-order chi connectivity index (χ0) is 22.9. The highest BCUT2D eigenvalue weighted by atomic mass is 32.2. The average molecular weight is 461 g/mol. The number of ether oxygens (including phenoxy) is 2. The standard InChI is InChI=1S/C22H25FN4O4S/c1-13-8-15(27-32(2,3)29)10-18-21(13)22(25-12-24-18)26-17-6-4-14(23)9-19(17)31-16-5-7-20(28)30-11-16/h4,6,8-10,12,16,20,28H,5,7,11H2,1-3H3,(H,24,25,26). The van der Waals surface area contributed by atoms with Crippen LogP contribution in [0.25, 0.3) is 10.9 Å². The lowest BCUT2D eigenvalue weighted by Crippen LogP contribution is -2.33. The zero-order valence-electron chi connectivity index (χ0n) is 18.0. The molecule has 2 unspecified atom stereocenters. The Bertz CT molecular complexity index is 1260. The van der Waals surface area contributed by atoms with E-state index in [1.807, 2.05) is 13.0 Å². The van der Waals surface area contributed by atoms with Crippen LogP contribution in [-0.4, -0.2) is 50.8 Å². The number of fused-ring (bicyclic) bond motifs is 1. The van der Waals surface area contributed by atoms with Gasteiger partial charge in [-0.05, 0) is 43.2 Å². The third-order valence-electron chi connectivity index (χ3n) is 4.95. The molecule has 0 saturated carbocycles. The Kier molecular flexibility index (Phi) is 6.27. The molecule has 0 radical (unpaired) electrons. The van der Waals surface area contributed by atoms with Gasteiger partial charge in [-0.3, -0.25) is 0 Å². The zero-order valence-corrected chi connectivity index (χ0v) is 18.9. The smallest absolute Gasteiger partial charge is 0.154 e. The number of hydrogen-bond donors (Lipinski definition) is 2. The van der Waals surface area contributed by atoms with E-state index in [9.17, 15) is 13.7 Å². The van der Waals surface area contributed by atoms with E-state index in [1.54, 1.807) is 24.6 Å². The van der Waals surface area contributed by atoms with Crippen molar-refractivity contribution in [2.24, 2.45) is 4.36 Å². The van der Waals surface area contributed by atoms with Gasteiger partial charge in [-0.1, -0.05) is 0 Å². The number of rotatable bonds is 5. The van der Waals surface area contributed by atoms with Gasteiger partial charge in [0.05, 0.1) is 23.5 Å². The molecule has 10 heteroatoms. The minimum atomic E-state index is -2.31. The summed E-state index contributed by atoms with van der Waals surface area (Å²) in [5, 5.41) is 13.5. The van der Waals surface area contributed by atoms with Crippen LogP contribution in [0.3, 0.4) is 0 Å². The largest absolute Gasteiger partial charge is 0.486 e. The summed E-state index contributed by atoms with van der Waals surface area (Å²) in [6, 6.07) is 7.81. The van der Waals surface area contributed by atoms with Gasteiger partial charge >= 0.3 is 0 Å². The summed E-state index contributed by atoms with van der Waals surface area (Å²) < 4.78 is 41.5. The molecular weight excluding hydrogens is 435 g/mol. The summed E-state index contributed by atoms with van der Waals surface area (Å²) >= 11 is 0. The highest BCUT2D eigenvalue weighted by Crippen LogP contribution is 2.34. The van der Waals surface area contributed by atoms with E-state index in [-0.39, 0.29) is 12.7 Å². The van der Waals surface area contributed by atoms with Gasteiger partial charge in [0.15, 0.2) is 6.29 Å². The van der Waals surface area contributed by atoms with E-state index in [0.29, 0.717) is 41.3 Å². The molecule has 0 aliphatic carbocycles. The maximum Gasteiger partial charge on any atom is 0.154 e. The Morgan fingerprint density at radius 1 is 1.25 bits per heavy atom. The number of nitrogens with zero attached hydrogens (tertiary/aromatic N) is 3. The second-order valence-corrected chi connectivity index (χ2v) is 10.6. The predicted molar refractivity (Wildman–Crippen MR) is 122 cm³/mol. The van der Waals surface area contributed by atoms with Crippen molar-refractivity contribution in [3.05, 3.63) is 48.0 Å². The number of aliphatic hydroxyl groups is 1. The van der Waals surface area contributed by atoms with Crippen LogP contribution >= 0.6 is 0 Å². The Morgan fingerprint density at radius 3 is 2.78 bits per heavy atom. The second-order valence-electron chi connectivity index (χ2n) is 8.02. The van der Waals surface area contributed by atoms with Crippen LogP contribution in [0.4, 0.5) is 21.6 Å². The van der Waals surface area contributed by atoms with Gasteiger partial charge in [-0.2, -0.15) is 4.36 Å². The molecule has 170 valence electrons. The van der Waals surface area contributed by atoms with Crippen LogP contribution in [0.2, 0.25) is 0 Å². The quantitative estimate of drug-likeness (QED) is 0.591. The molecule has 0 amide bonds. The lowest BCUT2D eigenvalue weighted by molar-refractivity contribution is -0.151. The molecule has 2 heterocycles. The molecule has 1 aromatic heterocycles. The first-order valence-corrected chi connectivity index (χ1v) is 12.5. The van der Waals surface area contributed by atoms with Crippen LogP contribution in [0.5, 0.6) is 5.75 Å². The van der Waals surface area contributed by atoms with Crippen molar-refractivity contribution in [1.82, 2.24) is 9.97 Å². The van der Waals surface area contributed by atoms with E-state index >= 15 is 0 Å². The third-order valence-corrected chi connectivity index (χ3v) is 5.60. The minimum Gasteiger partial charge on any atom is -0.486 e. The highest BCUT2D eigenvalue weighted by Gasteiger charge is 2.22. The van der Waals surface area contributed by atoms with Gasteiger partial charge in [-0.15, -0.1) is 0 Å². The van der Waals surface area contributed by atoms with Gasteiger partial charge in [-0.25, -0.2) is 18.6 Å². The van der Waals surface area contributed by atoms with Crippen molar-refractivity contribution < 1.29 is 23.2 Å². The number of halogens is 1. The van der Waals surface area contributed by atoms with Gasteiger partial charge in [0, 0.05) is 40.1 Å². The monoisotopic (exact) mass is 460 g/mol. The molecule has 4 rings (SSSR count). The van der Waals surface area contributed by atoms with Crippen molar-refractivity contribution in [1.29, 1.82) is 0 Å². The number of hydrogen-bond acceptors (Lipinski definition) is 8. The summed E-state index contributed by atoms with van der Waals surface area (Å²) in [5.74, 6) is 0.419. The predicted octanol–water partition coefficient (Wildman–Crippen LogP) is 4.06. The Balaban J connectivity index is 1.68. The van der Waals surface area contributed by atoms with Crippen LogP contribution in [-0.2, 0) is 14.5 Å². The first-order chi connectivity index (χ1) is 15.2. The lowest BCUT2D eigenvalue weighted by atomic mass is 10.1. The number of benzene rings is 2. The summed E-state index contributed by atoms with van der Waals surface area (Å²) in [4.78, 5) is 8.71. The average Bonchev–Trinajstić information content (AvgIpc) is 2.70.